The Morgan fingerprint density at radius 2 is 2.19 bits per heavy atom. The first-order valence-corrected chi connectivity index (χ1v) is 7.54. The minimum atomic E-state index is 0.160. The monoisotopic (exact) mass is 306 g/mol. The first kappa shape index (κ1) is 14.4. The number of rotatable bonds is 4. The summed E-state index contributed by atoms with van der Waals surface area (Å²) < 4.78 is 11.0. The van der Waals surface area contributed by atoms with Crippen molar-refractivity contribution < 1.29 is 9.26 Å². The summed E-state index contributed by atoms with van der Waals surface area (Å²) in [6.45, 7) is 7.45. The summed E-state index contributed by atoms with van der Waals surface area (Å²) in [7, 11) is 0. The van der Waals surface area contributed by atoms with Crippen molar-refractivity contribution in [3.05, 3.63) is 45.3 Å². The molecule has 2 aromatic rings. The lowest BCUT2D eigenvalue weighted by Crippen LogP contribution is -2.19. The number of aryl methyl sites for hydroxylation is 2. The highest BCUT2D eigenvalue weighted by Crippen LogP contribution is 2.33. The fraction of sp³-hybridized carbons (Fsp3) is 0.438. The number of fused-ring (bicyclic) bond motifs is 1. The van der Waals surface area contributed by atoms with Crippen LogP contribution in [-0.2, 0) is 13.0 Å². The zero-order chi connectivity index (χ0) is 15.0. The lowest BCUT2D eigenvalue weighted by atomic mass is 10.1. The molecule has 1 aromatic carbocycles. The van der Waals surface area contributed by atoms with E-state index in [1.54, 1.807) is 0 Å². The Kier molecular flexibility index (Phi) is 3.91. The van der Waals surface area contributed by atoms with Crippen LogP contribution in [0.1, 0.15) is 41.1 Å². The lowest BCUT2D eigenvalue weighted by Gasteiger charge is -2.15. The van der Waals surface area contributed by atoms with E-state index in [-0.39, 0.29) is 6.04 Å². The summed E-state index contributed by atoms with van der Waals surface area (Å²) >= 11 is 6.19. The van der Waals surface area contributed by atoms with Crippen LogP contribution >= 0.6 is 11.6 Å². The predicted octanol–water partition coefficient (Wildman–Crippen LogP) is 3.73. The van der Waals surface area contributed by atoms with E-state index in [1.807, 2.05) is 26.0 Å². The van der Waals surface area contributed by atoms with Crippen LogP contribution in [0.2, 0.25) is 5.02 Å². The second-order valence-corrected chi connectivity index (χ2v) is 5.93. The zero-order valence-corrected chi connectivity index (χ0v) is 13.3. The van der Waals surface area contributed by atoms with Gasteiger partial charge in [-0.3, -0.25) is 0 Å². The standard InChI is InChI=1S/C16H19ClN2O2/c1-9(15-10(2)19-21-11(15)3)18-8-13-7-14(17)6-12-4-5-20-16(12)13/h6-7,9,18H,4-5,8H2,1-3H3. The summed E-state index contributed by atoms with van der Waals surface area (Å²) in [5, 5.41) is 8.27. The minimum absolute atomic E-state index is 0.160. The van der Waals surface area contributed by atoms with Gasteiger partial charge in [0.15, 0.2) is 0 Å². The Labute approximate surface area is 129 Å². The van der Waals surface area contributed by atoms with Crippen LogP contribution in [0.5, 0.6) is 5.75 Å². The molecule has 2 heterocycles. The van der Waals surface area contributed by atoms with Crippen molar-refractivity contribution in [1.82, 2.24) is 10.5 Å². The van der Waals surface area contributed by atoms with Crippen molar-refractivity contribution >= 4 is 11.6 Å². The molecular formula is C16H19ClN2O2. The highest BCUT2D eigenvalue weighted by molar-refractivity contribution is 6.30. The Morgan fingerprint density at radius 1 is 1.38 bits per heavy atom. The largest absolute Gasteiger partial charge is 0.493 e. The number of aromatic nitrogens is 1. The highest BCUT2D eigenvalue weighted by atomic mass is 35.5. The Balaban J connectivity index is 1.77. The maximum atomic E-state index is 6.19. The molecular weight excluding hydrogens is 288 g/mol. The van der Waals surface area contributed by atoms with Gasteiger partial charge in [-0.1, -0.05) is 16.8 Å². The molecule has 0 radical (unpaired) electrons. The molecule has 0 aliphatic carbocycles. The van der Waals surface area contributed by atoms with E-state index in [0.717, 1.165) is 46.4 Å². The molecule has 1 N–H and O–H groups in total. The fourth-order valence-electron chi connectivity index (χ4n) is 2.95. The quantitative estimate of drug-likeness (QED) is 0.935. The van der Waals surface area contributed by atoms with Crippen LogP contribution in [0.3, 0.4) is 0 Å². The van der Waals surface area contributed by atoms with E-state index in [4.69, 9.17) is 20.9 Å². The molecule has 0 saturated heterocycles. The number of halogens is 1. The molecule has 3 rings (SSSR count). The summed E-state index contributed by atoms with van der Waals surface area (Å²) in [5.41, 5.74) is 4.35. The van der Waals surface area contributed by atoms with Gasteiger partial charge in [0, 0.05) is 35.2 Å². The van der Waals surface area contributed by atoms with Crippen molar-refractivity contribution in [2.45, 2.75) is 39.8 Å². The van der Waals surface area contributed by atoms with Crippen LogP contribution in [0, 0.1) is 13.8 Å². The Bertz CT molecular complexity index is 647. The van der Waals surface area contributed by atoms with E-state index >= 15 is 0 Å². The number of nitrogens with zero attached hydrogens (tertiary/aromatic N) is 1. The summed E-state index contributed by atoms with van der Waals surface area (Å²) in [5.74, 6) is 1.85. The third kappa shape index (κ3) is 2.78. The summed E-state index contributed by atoms with van der Waals surface area (Å²) in [4.78, 5) is 0. The lowest BCUT2D eigenvalue weighted by molar-refractivity contribution is 0.351. The zero-order valence-electron chi connectivity index (χ0n) is 12.5. The van der Waals surface area contributed by atoms with Crippen molar-refractivity contribution in [3.8, 4) is 5.75 Å². The van der Waals surface area contributed by atoms with E-state index in [9.17, 15) is 0 Å². The van der Waals surface area contributed by atoms with E-state index < -0.39 is 0 Å². The topological polar surface area (TPSA) is 47.3 Å². The molecule has 1 aliphatic rings. The van der Waals surface area contributed by atoms with Crippen molar-refractivity contribution in [2.75, 3.05) is 6.61 Å². The molecule has 1 unspecified atom stereocenters. The molecule has 0 spiro atoms. The first-order chi connectivity index (χ1) is 10.1. The van der Waals surface area contributed by atoms with Gasteiger partial charge in [-0.25, -0.2) is 0 Å². The van der Waals surface area contributed by atoms with Gasteiger partial charge in [0.2, 0.25) is 0 Å². The maximum Gasteiger partial charge on any atom is 0.138 e. The van der Waals surface area contributed by atoms with Gasteiger partial charge in [-0.15, -0.1) is 0 Å². The van der Waals surface area contributed by atoms with Crippen LogP contribution in [-0.4, -0.2) is 11.8 Å². The van der Waals surface area contributed by atoms with Crippen LogP contribution in [0.4, 0.5) is 0 Å². The van der Waals surface area contributed by atoms with Gasteiger partial charge in [-0.05, 0) is 38.5 Å². The van der Waals surface area contributed by atoms with Gasteiger partial charge >= 0.3 is 0 Å². The molecule has 0 bridgehead atoms. The maximum absolute atomic E-state index is 6.19. The van der Waals surface area contributed by atoms with E-state index in [2.05, 4.69) is 17.4 Å². The molecule has 4 nitrogen and oxygen atoms in total. The number of hydrogen-bond acceptors (Lipinski definition) is 4. The molecule has 1 aliphatic heterocycles. The predicted molar refractivity (Wildman–Crippen MR) is 81.9 cm³/mol. The second-order valence-electron chi connectivity index (χ2n) is 5.49. The third-order valence-corrected chi connectivity index (χ3v) is 4.16. The van der Waals surface area contributed by atoms with Crippen LogP contribution in [0.25, 0.3) is 0 Å². The first-order valence-electron chi connectivity index (χ1n) is 7.16. The average Bonchev–Trinajstić information content (AvgIpc) is 3.02. The molecule has 5 heteroatoms. The van der Waals surface area contributed by atoms with Gasteiger partial charge in [0.05, 0.1) is 12.3 Å². The normalized spacial score (nSPS) is 14.9. The highest BCUT2D eigenvalue weighted by Gasteiger charge is 2.20. The van der Waals surface area contributed by atoms with Gasteiger partial charge in [-0.2, -0.15) is 0 Å². The van der Waals surface area contributed by atoms with Crippen molar-refractivity contribution in [3.63, 3.8) is 0 Å². The van der Waals surface area contributed by atoms with Gasteiger partial charge in [0.25, 0.3) is 0 Å². The van der Waals surface area contributed by atoms with Gasteiger partial charge in [0.1, 0.15) is 11.5 Å². The minimum Gasteiger partial charge on any atom is -0.493 e. The SMILES string of the molecule is Cc1noc(C)c1C(C)NCc1cc(Cl)cc2c1OCC2. The molecule has 1 aromatic heterocycles. The Morgan fingerprint density at radius 3 is 2.90 bits per heavy atom. The average molecular weight is 307 g/mol. The summed E-state index contributed by atoms with van der Waals surface area (Å²) in [6, 6.07) is 4.12. The number of hydrogen-bond donors (Lipinski definition) is 1. The van der Waals surface area contributed by atoms with Crippen molar-refractivity contribution in [1.29, 1.82) is 0 Å². The van der Waals surface area contributed by atoms with Gasteiger partial charge < -0.3 is 14.6 Å². The molecule has 0 amide bonds. The molecule has 21 heavy (non-hydrogen) atoms. The molecule has 0 saturated carbocycles. The smallest absolute Gasteiger partial charge is 0.138 e. The van der Waals surface area contributed by atoms with Crippen LogP contribution < -0.4 is 10.1 Å². The van der Waals surface area contributed by atoms with E-state index in [0.29, 0.717) is 6.54 Å². The van der Waals surface area contributed by atoms with Crippen LogP contribution in [0.15, 0.2) is 16.7 Å². The second kappa shape index (κ2) is 5.70. The van der Waals surface area contributed by atoms with E-state index in [1.165, 1.54) is 5.56 Å². The number of nitrogens with one attached hydrogen (secondary N) is 1. The number of benzene rings is 1. The third-order valence-electron chi connectivity index (χ3n) is 3.95. The molecule has 112 valence electrons. The Hall–Kier alpha value is -1.52. The number of ether oxygens (including phenoxy) is 1. The molecule has 0 fully saturated rings. The summed E-state index contributed by atoms with van der Waals surface area (Å²) in [6.07, 6.45) is 0.933. The van der Waals surface area contributed by atoms with Crippen molar-refractivity contribution in [2.24, 2.45) is 0 Å². The fourth-order valence-corrected chi connectivity index (χ4v) is 3.21. The molecule has 1 atom stereocenters.